The number of urea groups is 1. The van der Waals surface area contributed by atoms with Crippen molar-refractivity contribution in [2.45, 2.75) is 33.2 Å². The fourth-order valence-electron chi connectivity index (χ4n) is 2.96. The maximum atomic E-state index is 12.5. The van der Waals surface area contributed by atoms with Crippen LogP contribution in [-0.4, -0.2) is 58.1 Å². The molecule has 0 aliphatic carbocycles. The van der Waals surface area contributed by atoms with Gasteiger partial charge in [-0.2, -0.15) is 4.98 Å². The maximum Gasteiger partial charge on any atom is 0.318 e. The van der Waals surface area contributed by atoms with Gasteiger partial charge in [0.1, 0.15) is 12.6 Å². The topological polar surface area (TPSA) is 91.6 Å². The van der Waals surface area contributed by atoms with E-state index >= 15 is 0 Å². The third-order valence-corrected chi connectivity index (χ3v) is 4.56. The smallest absolute Gasteiger partial charge is 0.318 e. The average Bonchev–Trinajstić information content (AvgIpc) is 3.14. The molecule has 144 valence electrons. The van der Waals surface area contributed by atoms with Gasteiger partial charge in [-0.25, -0.2) is 4.79 Å². The van der Waals surface area contributed by atoms with Crippen molar-refractivity contribution in [1.82, 2.24) is 25.3 Å². The zero-order valence-corrected chi connectivity index (χ0v) is 15.9. The van der Waals surface area contributed by atoms with Crippen LogP contribution in [-0.2, 0) is 4.79 Å². The van der Waals surface area contributed by atoms with Crippen molar-refractivity contribution < 1.29 is 14.1 Å². The van der Waals surface area contributed by atoms with Crippen LogP contribution in [0.1, 0.15) is 37.8 Å². The lowest BCUT2D eigenvalue weighted by atomic mass is 10.1. The molecule has 0 radical (unpaired) electrons. The second-order valence-corrected chi connectivity index (χ2v) is 6.80. The van der Waals surface area contributed by atoms with Crippen LogP contribution in [0.4, 0.5) is 4.79 Å². The van der Waals surface area contributed by atoms with Crippen LogP contribution >= 0.6 is 0 Å². The van der Waals surface area contributed by atoms with E-state index in [2.05, 4.69) is 15.5 Å². The van der Waals surface area contributed by atoms with Gasteiger partial charge in [-0.3, -0.25) is 4.79 Å². The number of rotatable bonds is 5. The second-order valence-electron chi connectivity index (χ2n) is 6.80. The maximum absolute atomic E-state index is 12.5. The Kier molecular flexibility index (Phi) is 5.73. The number of carbonyl (C=O) groups is 2. The van der Waals surface area contributed by atoms with Crippen LogP contribution in [0.15, 0.2) is 28.8 Å². The van der Waals surface area contributed by atoms with Gasteiger partial charge in [-0.1, -0.05) is 41.9 Å². The molecule has 3 rings (SSSR count). The highest BCUT2D eigenvalue weighted by Crippen LogP contribution is 2.19. The van der Waals surface area contributed by atoms with Crippen LogP contribution in [0, 0.1) is 6.92 Å². The van der Waals surface area contributed by atoms with Crippen molar-refractivity contribution in [3.05, 3.63) is 35.7 Å². The minimum atomic E-state index is -0.451. The van der Waals surface area contributed by atoms with Gasteiger partial charge >= 0.3 is 6.03 Å². The lowest BCUT2D eigenvalue weighted by Crippen LogP contribution is -2.54. The first kappa shape index (κ1) is 18.9. The molecule has 1 aliphatic heterocycles. The normalized spacial score (nSPS) is 15.7. The monoisotopic (exact) mass is 371 g/mol. The van der Waals surface area contributed by atoms with Crippen LogP contribution in [0.5, 0.6) is 0 Å². The molecule has 2 aromatic rings. The molecule has 8 heteroatoms. The van der Waals surface area contributed by atoms with Crippen molar-refractivity contribution in [2.24, 2.45) is 0 Å². The van der Waals surface area contributed by atoms with Crippen molar-refractivity contribution in [3.8, 4) is 11.4 Å². The van der Waals surface area contributed by atoms with Crippen LogP contribution in [0.25, 0.3) is 11.4 Å². The van der Waals surface area contributed by atoms with Gasteiger partial charge in [0.25, 0.3) is 0 Å². The number of nitrogens with zero attached hydrogens (tertiary/aromatic N) is 4. The average molecular weight is 371 g/mol. The fourth-order valence-corrected chi connectivity index (χ4v) is 2.96. The number of aryl methyl sites for hydroxylation is 1. The first-order chi connectivity index (χ1) is 13.0. The molecule has 1 unspecified atom stereocenters. The highest BCUT2D eigenvalue weighted by Gasteiger charge is 2.28. The van der Waals surface area contributed by atoms with E-state index in [9.17, 15) is 9.59 Å². The van der Waals surface area contributed by atoms with E-state index in [1.165, 1.54) is 4.90 Å². The molecule has 1 aromatic heterocycles. The number of nitrogens with one attached hydrogen (secondary N) is 1. The van der Waals surface area contributed by atoms with E-state index in [4.69, 9.17) is 4.52 Å². The predicted octanol–water partition coefficient (Wildman–Crippen LogP) is 2.37. The molecule has 1 aromatic carbocycles. The fraction of sp³-hybridized carbons (Fsp3) is 0.474. The third kappa shape index (κ3) is 4.45. The molecule has 1 atom stereocenters. The third-order valence-electron chi connectivity index (χ3n) is 4.56. The van der Waals surface area contributed by atoms with E-state index in [0.717, 1.165) is 24.1 Å². The largest absolute Gasteiger partial charge is 0.339 e. The summed E-state index contributed by atoms with van der Waals surface area (Å²) in [6.45, 7) is 7.72. The number of aromatic nitrogens is 2. The van der Waals surface area contributed by atoms with E-state index in [0.29, 0.717) is 24.8 Å². The Morgan fingerprint density at radius 3 is 2.70 bits per heavy atom. The first-order valence-electron chi connectivity index (χ1n) is 9.21. The Hall–Kier alpha value is -2.90. The second kappa shape index (κ2) is 8.20. The van der Waals surface area contributed by atoms with Gasteiger partial charge in [0.05, 0.1) is 0 Å². The van der Waals surface area contributed by atoms with Crippen LogP contribution in [0.2, 0.25) is 0 Å². The van der Waals surface area contributed by atoms with Gasteiger partial charge in [-0.05, 0) is 20.3 Å². The summed E-state index contributed by atoms with van der Waals surface area (Å²) in [5.74, 6) is 0.787. The Morgan fingerprint density at radius 2 is 2.04 bits per heavy atom. The lowest BCUT2D eigenvalue weighted by Gasteiger charge is -2.34. The van der Waals surface area contributed by atoms with Crippen molar-refractivity contribution in [3.63, 3.8) is 0 Å². The van der Waals surface area contributed by atoms with Gasteiger partial charge in [0, 0.05) is 25.2 Å². The number of benzene rings is 1. The van der Waals surface area contributed by atoms with E-state index in [-0.39, 0.29) is 18.5 Å². The number of hydrogen-bond donors (Lipinski definition) is 1. The van der Waals surface area contributed by atoms with Crippen LogP contribution in [0.3, 0.4) is 0 Å². The molecule has 1 aliphatic rings. The molecule has 3 amide bonds. The zero-order valence-electron chi connectivity index (χ0n) is 15.9. The van der Waals surface area contributed by atoms with Gasteiger partial charge in [0.15, 0.2) is 0 Å². The highest BCUT2D eigenvalue weighted by molar-refractivity contribution is 5.85. The molecular formula is C19H25N5O3. The summed E-state index contributed by atoms with van der Waals surface area (Å²) in [4.78, 5) is 32.2. The summed E-state index contributed by atoms with van der Waals surface area (Å²) < 4.78 is 5.30. The summed E-state index contributed by atoms with van der Waals surface area (Å²) >= 11 is 0. The van der Waals surface area contributed by atoms with Gasteiger partial charge in [0.2, 0.25) is 17.6 Å². The molecule has 1 N–H and O–H groups in total. The Labute approximate surface area is 158 Å². The number of piperazine rings is 1. The van der Waals surface area contributed by atoms with E-state index in [1.807, 2.05) is 38.1 Å². The highest BCUT2D eigenvalue weighted by atomic mass is 16.5. The zero-order chi connectivity index (χ0) is 19.4. The van der Waals surface area contributed by atoms with E-state index in [1.54, 1.807) is 11.8 Å². The van der Waals surface area contributed by atoms with E-state index < -0.39 is 6.04 Å². The molecular weight excluding hydrogens is 346 g/mol. The summed E-state index contributed by atoms with van der Waals surface area (Å²) in [5.41, 5.74) is 2.00. The Balaban J connectivity index is 1.59. The summed E-state index contributed by atoms with van der Waals surface area (Å²) in [6, 6.07) is 7.05. The van der Waals surface area contributed by atoms with Crippen molar-refractivity contribution >= 4 is 11.9 Å². The molecule has 1 fully saturated rings. The summed E-state index contributed by atoms with van der Waals surface area (Å²) in [6.07, 6.45) is 0.912. The molecule has 1 saturated heterocycles. The minimum absolute atomic E-state index is 0.0228. The van der Waals surface area contributed by atoms with Crippen molar-refractivity contribution in [2.75, 3.05) is 26.2 Å². The van der Waals surface area contributed by atoms with Gasteiger partial charge < -0.3 is 19.6 Å². The molecule has 0 spiro atoms. The Morgan fingerprint density at radius 1 is 1.30 bits per heavy atom. The van der Waals surface area contributed by atoms with Crippen molar-refractivity contribution in [1.29, 1.82) is 0 Å². The number of amides is 3. The predicted molar refractivity (Wildman–Crippen MR) is 99.9 cm³/mol. The molecule has 2 heterocycles. The standard InChI is InChI=1S/C19H25N5O3/c1-4-9-23-10-11-24(12-16(23)25)19(26)20-14(3)18-21-17(22-27-18)15-7-5-13(2)6-8-15/h5-8,14H,4,9-12H2,1-3H3,(H,20,26). The van der Waals surface area contributed by atoms with Gasteiger partial charge in [-0.15, -0.1) is 0 Å². The quantitative estimate of drug-likeness (QED) is 0.871. The summed E-state index contributed by atoms with van der Waals surface area (Å²) in [7, 11) is 0. The first-order valence-corrected chi connectivity index (χ1v) is 9.21. The molecule has 0 saturated carbocycles. The molecule has 0 bridgehead atoms. The Bertz CT molecular complexity index is 802. The van der Waals surface area contributed by atoms with Crippen LogP contribution < -0.4 is 5.32 Å². The lowest BCUT2D eigenvalue weighted by molar-refractivity contribution is -0.134. The molecule has 8 nitrogen and oxygen atoms in total. The summed E-state index contributed by atoms with van der Waals surface area (Å²) in [5, 5.41) is 6.81. The minimum Gasteiger partial charge on any atom is -0.339 e. The molecule has 27 heavy (non-hydrogen) atoms. The SMILES string of the molecule is CCCN1CCN(C(=O)NC(C)c2nc(-c3ccc(C)cc3)no2)CC1=O. The number of carbonyl (C=O) groups excluding carboxylic acids is 2. The number of hydrogen-bond acceptors (Lipinski definition) is 5.